The summed E-state index contributed by atoms with van der Waals surface area (Å²) >= 11 is 7.35. The number of halogens is 1. The molecule has 2 aromatic rings. The average molecular weight is 495 g/mol. The molecule has 0 radical (unpaired) electrons. The number of ether oxygens (including phenoxy) is 1. The van der Waals surface area contributed by atoms with Crippen LogP contribution in [0.2, 0.25) is 5.02 Å². The molecule has 178 valence electrons. The molecular weight excluding hydrogens is 468 g/mol. The van der Waals surface area contributed by atoms with Crippen molar-refractivity contribution < 1.29 is 29.3 Å². The topological polar surface area (TPSA) is 116 Å². The molecule has 1 aliphatic carbocycles. The second-order valence-electron chi connectivity index (χ2n) is 8.21. The molecule has 0 saturated heterocycles. The van der Waals surface area contributed by atoms with Crippen LogP contribution in [0, 0.1) is 0 Å². The van der Waals surface area contributed by atoms with E-state index in [0.717, 1.165) is 43.4 Å². The highest BCUT2D eigenvalue weighted by atomic mass is 35.5. The van der Waals surface area contributed by atoms with Crippen LogP contribution in [0.4, 0.5) is 10.5 Å². The van der Waals surface area contributed by atoms with Crippen LogP contribution in [-0.2, 0) is 4.79 Å². The maximum atomic E-state index is 13.1. The molecule has 1 aromatic carbocycles. The molecule has 0 unspecified atom stereocenters. The van der Waals surface area contributed by atoms with Gasteiger partial charge in [-0.2, -0.15) is 0 Å². The summed E-state index contributed by atoms with van der Waals surface area (Å²) in [5, 5.41) is 21.5. The van der Waals surface area contributed by atoms with Crippen LogP contribution >= 0.6 is 22.9 Å². The number of urea groups is 1. The molecule has 0 spiro atoms. The number of carbonyl (C=O) groups excluding carboxylic acids is 1. The average Bonchev–Trinajstić information content (AvgIpc) is 3.09. The summed E-state index contributed by atoms with van der Waals surface area (Å²) in [6.45, 7) is 3.11. The molecule has 1 aromatic heterocycles. The minimum atomic E-state index is -1.26. The molecular formula is C23H27ClN2O6S. The predicted octanol–water partition coefficient (Wildman–Crippen LogP) is 5.49. The summed E-state index contributed by atoms with van der Waals surface area (Å²) in [6.07, 6.45) is 5.08. The molecule has 1 aliphatic rings. The Morgan fingerprint density at radius 2 is 1.91 bits per heavy atom. The van der Waals surface area contributed by atoms with Gasteiger partial charge in [-0.15, -0.1) is 11.3 Å². The van der Waals surface area contributed by atoms with Crippen molar-refractivity contribution in [3.63, 3.8) is 0 Å². The molecule has 3 N–H and O–H groups in total. The number of aliphatic carboxylic acids is 1. The van der Waals surface area contributed by atoms with Crippen molar-refractivity contribution in [2.24, 2.45) is 0 Å². The third kappa shape index (κ3) is 5.97. The molecule has 1 saturated carbocycles. The summed E-state index contributed by atoms with van der Waals surface area (Å²) in [6, 6.07) is 7.08. The van der Waals surface area contributed by atoms with Crippen LogP contribution in [0.5, 0.6) is 5.75 Å². The number of nitrogens with zero attached hydrogens (tertiary/aromatic N) is 1. The van der Waals surface area contributed by atoms with E-state index < -0.39 is 18.5 Å². The number of hydrogen-bond acceptors (Lipinski definition) is 5. The Labute approximate surface area is 201 Å². The van der Waals surface area contributed by atoms with Crippen molar-refractivity contribution in [2.45, 2.75) is 58.0 Å². The van der Waals surface area contributed by atoms with Crippen LogP contribution in [0.3, 0.4) is 0 Å². The molecule has 0 atom stereocenters. The molecule has 0 aliphatic heterocycles. The van der Waals surface area contributed by atoms with Gasteiger partial charge in [-0.3, -0.25) is 4.90 Å². The van der Waals surface area contributed by atoms with Crippen LogP contribution in [0.25, 0.3) is 10.4 Å². The largest absolute Gasteiger partial charge is 0.479 e. The van der Waals surface area contributed by atoms with Gasteiger partial charge in [-0.1, -0.05) is 43.0 Å². The third-order valence-electron chi connectivity index (χ3n) is 5.30. The zero-order valence-corrected chi connectivity index (χ0v) is 20.0. The van der Waals surface area contributed by atoms with Gasteiger partial charge in [0.25, 0.3) is 0 Å². The molecule has 2 amide bonds. The van der Waals surface area contributed by atoms with Gasteiger partial charge in [0, 0.05) is 17.8 Å². The van der Waals surface area contributed by atoms with Gasteiger partial charge < -0.3 is 20.3 Å². The first kappa shape index (κ1) is 24.9. The number of aromatic carboxylic acids is 1. The summed E-state index contributed by atoms with van der Waals surface area (Å²) in [5.74, 6) is -2.67. The highest BCUT2D eigenvalue weighted by molar-refractivity contribution is 7.18. The zero-order valence-electron chi connectivity index (χ0n) is 18.5. The summed E-state index contributed by atoms with van der Waals surface area (Å²) in [7, 11) is 0. The molecule has 10 heteroatoms. The Kier molecular flexibility index (Phi) is 8.20. The number of hydrogen-bond donors (Lipinski definition) is 3. The number of carbonyl (C=O) groups is 3. The fraction of sp³-hybridized carbons (Fsp3) is 0.435. The van der Waals surface area contributed by atoms with Crippen LogP contribution in [0.15, 0.2) is 24.3 Å². The lowest BCUT2D eigenvalue weighted by Gasteiger charge is -2.35. The SMILES string of the molecule is CC(C)NC(=O)N(c1cccc(-c2sc(C(=O)O)c(OCC(=O)O)c2Cl)c1)C1CCCCC1. The highest BCUT2D eigenvalue weighted by Crippen LogP contribution is 2.46. The van der Waals surface area contributed by atoms with Gasteiger partial charge in [0.2, 0.25) is 0 Å². The Hall–Kier alpha value is -2.78. The predicted molar refractivity (Wildman–Crippen MR) is 128 cm³/mol. The summed E-state index contributed by atoms with van der Waals surface area (Å²) < 4.78 is 5.17. The lowest BCUT2D eigenvalue weighted by Crippen LogP contribution is -2.49. The van der Waals surface area contributed by atoms with Crippen molar-refractivity contribution in [3.8, 4) is 16.2 Å². The minimum Gasteiger partial charge on any atom is -0.479 e. The number of amides is 2. The second-order valence-corrected chi connectivity index (χ2v) is 9.61. The standard InChI is InChI=1S/C23H27ClN2O6S/c1-13(2)25-23(31)26(15-8-4-3-5-9-15)16-10-6-7-14(11-16)20-18(24)19(32-12-17(27)28)21(33-20)22(29)30/h6-7,10-11,13,15H,3-5,8-9,12H2,1-2H3,(H,25,31)(H,27,28)(H,29,30). The monoisotopic (exact) mass is 494 g/mol. The quantitative estimate of drug-likeness (QED) is 0.447. The third-order valence-corrected chi connectivity index (χ3v) is 6.98. The lowest BCUT2D eigenvalue weighted by atomic mass is 9.93. The normalized spacial score (nSPS) is 14.2. The number of nitrogens with one attached hydrogen (secondary N) is 1. The van der Waals surface area contributed by atoms with E-state index >= 15 is 0 Å². The molecule has 8 nitrogen and oxygen atoms in total. The van der Waals surface area contributed by atoms with Crippen LogP contribution < -0.4 is 15.0 Å². The highest BCUT2D eigenvalue weighted by Gasteiger charge is 2.29. The number of benzene rings is 1. The maximum absolute atomic E-state index is 13.1. The van der Waals surface area contributed by atoms with E-state index in [9.17, 15) is 19.5 Å². The van der Waals surface area contributed by atoms with Crippen molar-refractivity contribution in [1.82, 2.24) is 5.32 Å². The fourth-order valence-electron chi connectivity index (χ4n) is 3.93. The van der Waals surface area contributed by atoms with Gasteiger partial charge in [-0.25, -0.2) is 14.4 Å². The van der Waals surface area contributed by atoms with E-state index in [1.54, 1.807) is 23.1 Å². The van der Waals surface area contributed by atoms with E-state index in [2.05, 4.69) is 5.32 Å². The number of rotatable bonds is 8. The smallest absolute Gasteiger partial charge is 0.349 e. The van der Waals surface area contributed by atoms with Gasteiger partial charge in [-0.05, 0) is 44.4 Å². The van der Waals surface area contributed by atoms with Crippen LogP contribution in [-0.4, -0.2) is 46.9 Å². The Morgan fingerprint density at radius 1 is 1.21 bits per heavy atom. The number of carboxylic acids is 2. The Balaban J connectivity index is 2.02. The molecule has 0 bridgehead atoms. The summed E-state index contributed by atoms with van der Waals surface area (Å²) in [4.78, 5) is 37.7. The van der Waals surface area contributed by atoms with E-state index in [-0.39, 0.29) is 33.8 Å². The van der Waals surface area contributed by atoms with Gasteiger partial charge in [0.05, 0.1) is 4.88 Å². The fourth-order valence-corrected chi connectivity index (χ4v) is 5.33. The van der Waals surface area contributed by atoms with Crippen LogP contribution in [0.1, 0.15) is 55.6 Å². The molecule has 3 rings (SSSR count). The van der Waals surface area contributed by atoms with Crippen molar-refractivity contribution in [1.29, 1.82) is 0 Å². The lowest BCUT2D eigenvalue weighted by molar-refractivity contribution is -0.139. The van der Waals surface area contributed by atoms with Crippen molar-refractivity contribution in [2.75, 3.05) is 11.5 Å². The van der Waals surface area contributed by atoms with E-state index in [0.29, 0.717) is 16.1 Å². The van der Waals surface area contributed by atoms with Gasteiger partial charge in [0.1, 0.15) is 5.02 Å². The first-order valence-electron chi connectivity index (χ1n) is 10.8. The minimum absolute atomic E-state index is 0.0226. The van der Waals surface area contributed by atoms with Crippen molar-refractivity contribution >= 4 is 46.6 Å². The Morgan fingerprint density at radius 3 is 2.52 bits per heavy atom. The summed E-state index contributed by atoms with van der Waals surface area (Å²) in [5.41, 5.74) is 1.31. The van der Waals surface area contributed by atoms with Crippen molar-refractivity contribution in [3.05, 3.63) is 34.2 Å². The van der Waals surface area contributed by atoms with E-state index in [1.807, 2.05) is 19.9 Å². The molecule has 1 fully saturated rings. The number of thiophene rings is 1. The van der Waals surface area contributed by atoms with Gasteiger partial charge in [0.15, 0.2) is 17.2 Å². The molecule has 1 heterocycles. The molecule has 33 heavy (non-hydrogen) atoms. The number of anilines is 1. The maximum Gasteiger partial charge on any atom is 0.349 e. The van der Waals surface area contributed by atoms with E-state index in [1.165, 1.54) is 0 Å². The second kappa shape index (κ2) is 10.9. The first-order chi connectivity index (χ1) is 15.7. The van der Waals surface area contributed by atoms with Gasteiger partial charge >= 0.3 is 18.0 Å². The first-order valence-corrected chi connectivity index (χ1v) is 12.0. The van der Waals surface area contributed by atoms with E-state index in [4.69, 9.17) is 21.4 Å². The zero-order chi connectivity index (χ0) is 24.1. The Bertz CT molecular complexity index is 1030. The number of carboxylic acid groups (broad SMARTS) is 2.